The summed E-state index contributed by atoms with van der Waals surface area (Å²) in [5.41, 5.74) is 10.00. The molecule has 0 radical (unpaired) electrons. The van der Waals surface area contributed by atoms with E-state index >= 15 is 0 Å². The van der Waals surface area contributed by atoms with Crippen LogP contribution in [0.15, 0.2) is 12.1 Å². The van der Waals surface area contributed by atoms with E-state index in [2.05, 4.69) is 5.32 Å². The Kier molecular flexibility index (Phi) is 4.81. The van der Waals surface area contributed by atoms with Gasteiger partial charge >= 0.3 is 0 Å². The van der Waals surface area contributed by atoms with Crippen LogP contribution in [-0.4, -0.2) is 23.8 Å². The number of rotatable bonds is 4. The van der Waals surface area contributed by atoms with Gasteiger partial charge in [0.15, 0.2) is 6.04 Å². The first-order chi connectivity index (χ1) is 10.2. The lowest BCUT2D eigenvalue weighted by Crippen LogP contribution is -2.52. The van der Waals surface area contributed by atoms with Gasteiger partial charge in [-0.05, 0) is 12.1 Å². The van der Waals surface area contributed by atoms with Gasteiger partial charge in [-0.25, -0.2) is 0 Å². The van der Waals surface area contributed by atoms with Gasteiger partial charge in [-0.15, -0.1) is 11.3 Å². The molecule has 3 amide bonds. The summed E-state index contributed by atoms with van der Waals surface area (Å²) in [6, 6.07) is 1.45. The molecule has 22 heavy (non-hydrogen) atoms. The van der Waals surface area contributed by atoms with Gasteiger partial charge < -0.3 is 16.8 Å². The Morgan fingerprint density at radius 2 is 1.68 bits per heavy atom. The van der Waals surface area contributed by atoms with Gasteiger partial charge in [0, 0.05) is 15.1 Å². The first-order valence-corrected chi connectivity index (χ1v) is 7.64. The van der Waals surface area contributed by atoms with Gasteiger partial charge in [-0.2, -0.15) is 0 Å². The second kappa shape index (κ2) is 6.29. The third-order valence-electron chi connectivity index (χ3n) is 2.70. The molecule has 5 N–H and O–H groups in total. The second-order valence-corrected chi connectivity index (χ2v) is 6.49. The molecule has 0 saturated carbocycles. The monoisotopic (exact) mass is 379 g/mol. The van der Waals surface area contributed by atoms with Crippen molar-refractivity contribution >= 4 is 73.9 Å². The van der Waals surface area contributed by atoms with E-state index in [-0.39, 0.29) is 14.9 Å². The highest BCUT2D eigenvalue weighted by Crippen LogP contribution is 2.41. The van der Waals surface area contributed by atoms with E-state index in [0.29, 0.717) is 15.1 Å². The number of nitrogens with two attached hydrogens (primary N) is 2. The van der Waals surface area contributed by atoms with Crippen LogP contribution in [0.5, 0.6) is 0 Å². The Bertz CT molecular complexity index is 792. The molecule has 0 bridgehead atoms. The molecular formula is C12H8Cl3N3O3S. The molecule has 1 aromatic carbocycles. The molecule has 0 unspecified atom stereocenters. The van der Waals surface area contributed by atoms with Crippen molar-refractivity contribution in [3.8, 4) is 0 Å². The zero-order valence-electron chi connectivity index (χ0n) is 10.7. The maximum atomic E-state index is 12.2. The molecular weight excluding hydrogens is 373 g/mol. The Labute approximate surface area is 143 Å². The SMILES string of the molecule is NC(=O)C(NC(=O)c1sc2cc(Cl)cc(Cl)c2c1Cl)C(N)=O. The van der Waals surface area contributed by atoms with Crippen molar-refractivity contribution in [2.75, 3.05) is 0 Å². The predicted molar refractivity (Wildman–Crippen MR) is 86.5 cm³/mol. The van der Waals surface area contributed by atoms with E-state index in [0.717, 1.165) is 11.3 Å². The van der Waals surface area contributed by atoms with Gasteiger partial charge in [-0.1, -0.05) is 34.8 Å². The van der Waals surface area contributed by atoms with Crippen molar-refractivity contribution in [3.05, 3.63) is 32.1 Å². The average molecular weight is 381 g/mol. The molecule has 1 heterocycles. The summed E-state index contributed by atoms with van der Waals surface area (Å²) >= 11 is 19.1. The van der Waals surface area contributed by atoms with Crippen molar-refractivity contribution < 1.29 is 14.4 Å². The van der Waals surface area contributed by atoms with Crippen LogP contribution >= 0.6 is 46.1 Å². The number of hydrogen-bond donors (Lipinski definition) is 3. The zero-order chi connectivity index (χ0) is 16.6. The van der Waals surface area contributed by atoms with Crippen molar-refractivity contribution in [1.82, 2.24) is 5.32 Å². The Morgan fingerprint density at radius 3 is 2.23 bits per heavy atom. The largest absolute Gasteiger partial charge is 0.367 e. The summed E-state index contributed by atoms with van der Waals surface area (Å²) in [7, 11) is 0. The predicted octanol–water partition coefficient (Wildman–Crippen LogP) is 1.93. The quantitative estimate of drug-likeness (QED) is 0.704. The van der Waals surface area contributed by atoms with Crippen LogP contribution in [0.2, 0.25) is 15.1 Å². The van der Waals surface area contributed by atoms with E-state index in [9.17, 15) is 14.4 Å². The second-order valence-electron chi connectivity index (χ2n) is 4.22. The van der Waals surface area contributed by atoms with Crippen molar-refractivity contribution in [2.45, 2.75) is 6.04 Å². The highest BCUT2D eigenvalue weighted by Gasteiger charge is 2.27. The van der Waals surface area contributed by atoms with Crippen molar-refractivity contribution in [1.29, 1.82) is 0 Å². The molecule has 10 heteroatoms. The first-order valence-electron chi connectivity index (χ1n) is 5.69. The molecule has 116 valence electrons. The summed E-state index contributed by atoms with van der Waals surface area (Å²) < 4.78 is 0.586. The number of carbonyl (C=O) groups is 3. The zero-order valence-corrected chi connectivity index (χ0v) is 13.7. The number of carbonyl (C=O) groups excluding carboxylic acids is 3. The summed E-state index contributed by atoms with van der Waals surface area (Å²) in [5.74, 6) is -2.90. The van der Waals surface area contributed by atoms with Crippen LogP contribution in [-0.2, 0) is 9.59 Å². The molecule has 0 aliphatic rings. The van der Waals surface area contributed by atoms with Crippen LogP contribution in [0.3, 0.4) is 0 Å². The van der Waals surface area contributed by atoms with Crippen molar-refractivity contribution in [3.63, 3.8) is 0 Å². The molecule has 0 fully saturated rings. The van der Waals surface area contributed by atoms with Gasteiger partial charge in [0.2, 0.25) is 11.8 Å². The lowest BCUT2D eigenvalue weighted by Gasteiger charge is -2.10. The van der Waals surface area contributed by atoms with Crippen LogP contribution < -0.4 is 16.8 Å². The lowest BCUT2D eigenvalue weighted by atomic mass is 10.2. The van der Waals surface area contributed by atoms with Gasteiger partial charge in [0.1, 0.15) is 4.88 Å². The third kappa shape index (κ3) is 3.12. The fraction of sp³-hybridized carbons (Fsp3) is 0.0833. The van der Waals surface area contributed by atoms with Crippen molar-refractivity contribution in [2.24, 2.45) is 11.5 Å². The molecule has 0 aliphatic heterocycles. The molecule has 0 atom stereocenters. The fourth-order valence-electron chi connectivity index (χ4n) is 1.74. The first kappa shape index (κ1) is 16.8. The molecule has 6 nitrogen and oxygen atoms in total. The number of benzene rings is 1. The average Bonchev–Trinajstić information content (AvgIpc) is 2.72. The summed E-state index contributed by atoms with van der Waals surface area (Å²) in [6.45, 7) is 0. The highest BCUT2D eigenvalue weighted by atomic mass is 35.5. The van der Waals surface area contributed by atoms with Crippen LogP contribution in [0.25, 0.3) is 10.1 Å². The normalized spacial score (nSPS) is 10.9. The minimum absolute atomic E-state index is 0.0633. The number of thiophene rings is 1. The van der Waals surface area contributed by atoms with E-state index < -0.39 is 23.8 Å². The maximum absolute atomic E-state index is 12.2. The van der Waals surface area contributed by atoms with Gasteiger partial charge in [-0.3, -0.25) is 14.4 Å². The van der Waals surface area contributed by atoms with Crippen LogP contribution in [0, 0.1) is 0 Å². The number of amides is 3. The minimum Gasteiger partial charge on any atom is -0.367 e. The number of halogens is 3. The summed E-state index contributed by atoms with van der Waals surface area (Å²) in [6.07, 6.45) is 0. The summed E-state index contributed by atoms with van der Waals surface area (Å²) in [5, 5.41) is 3.34. The van der Waals surface area contributed by atoms with E-state index in [1.165, 1.54) is 6.07 Å². The number of hydrogen-bond acceptors (Lipinski definition) is 4. The molecule has 2 rings (SSSR count). The number of nitrogens with one attached hydrogen (secondary N) is 1. The minimum atomic E-state index is -1.63. The summed E-state index contributed by atoms with van der Waals surface area (Å²) in [4.78, 5) is 34.4. The van der Waals surface area contributed by atoms with E-state index in [1.807, 2.05) is 0 Å². The Morgan fingerprint density at radius 1 is 1.09 bits per heavy atom. The Balaban J connectivity index is 2.45. The highest BCUT2D eigenvalue weighted by molar-refractivity contribution is 7.21. The number of primary amides is 2. The topological polar surface area (TPSA) is 115 Å². The Hall–Kier alpha value is -1.54. The van der Waals surface area contributed by atoms with Gasteiger partial charge in [0.25, 0.3) is 5.91 Å². The van der Waals surface area contributed by atoms with Crippen LogP contribution in [0.4, 0.5) is 0 Å². The molecule has 0 saturated heterocycles. The van der Waals surface area contributed by atoms with Gasteiger partial charge in [0.05, 0.1) is 10.0 Å². The molecule has 0 aliphatic carbocycles. The molecule has 0 spiro atoms. The smallest absolute Gasteiger partial charge is 0.263 e. The lowest BCUT2D eigenvalue weighted by molar-refractivity contribution is -0.128. The fourth-order valence-corrected chi connectivity index (χ4v) is 4.02. The van der Waals surface area contributed by atoms with E-state index in [4.69, 9.17) is 46.3 Å². The number of fused-ring (bicyclic) bond motifs is 1. The maximum Gasteiger partial charge on any atom is 0.263 e. The molecule has 1 aromatic heterocycles. The van der Waals surface area contributed by atoms with Crippen LogP contribution in [0.1, 0.15) is 9.67 Å². The molecule has 2 aromatic rings. The third-order valence-corrected chi connectivity index (χ3v) is 4.84. The standard InChI is InChI=1S/C12H8Cl3N3O3S/c13-3-1-4(14)6-5(2-3)22-9(7(6)15)12(21)18-8(10(16)19)11(17)20/h1-2,8H,(H2,16,19)(H2,17,20)(H,18,21). The van der Waals surface area contributed by atoms with E-state index in [1.54, 1.807) is 6.07 Å².